The second-order valence-electron chi connectivity index (χ2n) is 9.27. The van der Waals surface area contributed by atoms with Crippen molar-refractivity contribution in [2.24, 2.45) is 0 Å². The van der Waals surface area contributed by atoms with Gasteiger partial charge in [0.15, 0.2) is 0 Å². The number of hydrogen-bond acceptors (Lipinski definition) is 2. The minimum Gasteiger partial charge on any atom is -0.408 e. The zero-order valence-corrected chi connectivity index (χ0v) is 18.6. The lowest BCUT2D eigenvalue weighted by Gasteiger charge is -2.21. The SMILES string of the molecule is Cc1cc(C(C)(C)C)c2op(Cl)oc3c(C(C)(C)C)cc(C)cc3c2c1. The third-order valence-electron chi connectivity index (χ3n) is 4.70. The largest absolute Gasteiger partial charge is 0.408 e. The fourth-order valence-electron chi connectivity index (χ4n) is 3.42. The first-order valence-corrected chi connectivity index (χ1v) is 11.1. The normalized spacial score (nSPS) is 12.8. The molecule has 0 amide bonds. The van der Waals surface area contributed by atoms with Gasteiger partial charge in [0.1, 0.15) is 11.2 Å². The standard InChI is InChI=1S/C22H28ClO2P/c1-13-9-15-16-10-14(2)12-18(22(6,7)8)20(16)25-26(23)24-19(15)17(11-13)21(3,4)5/h9-12H,1-8H3. The van der Waals surface area contributed by atoms with Crippen molar-refractivity contribution in [3.8, 4) is 0 Å². The summed E-state index contributed by atoms with van der Waals surface area (Å²) < 4.78 is 12.3. The van der Waals surface area contributed by atoms with Crippen LogP contribution in [0.5, 0.6) is 0 Å². The summed E-state index contributed by atoms with van der Waals surface area (Å²) in [6.07, 6.45) is 0. The van der Waals surface area contributed by atoms with Crippen LogP contribution in [0.4, 0.5) is 0 Å². The topological polar surface area (TPSA) is 26.3 Å². The smallest absolute Gasteiger partial charge is 0.327 e. The number of aryl methyl sites for hydroxylation is 2. The van der Waals surface area contributed by atoms with Crippen molar-refractivity contribution in [3.05, 3.63) is 46.5 Å². The summed E-state index contributed by atoms with van der Waals surface area (Å²) in [6.45, 7) is 17.5. The Hall–Kier alpha value is -1.37. The van der Waals surface area contributed by atoms with Gasteiger partial charge in [-0.3, -0.25) is 0 Å². The number of hydrogen-bond donors (Lipinski definition) is 0. The van der Waals surface area contributed by atoms with E-state index >= 15 is 0 Å². The van der Waals surface area contributed by atoms with Crippen molar-refractivity contribution in [1.29, 1.82) is 0 Å². The second kappa shape index (κ2) is 6.36. The Morgan fingerprint density at radius 3 is 1.35 bits per heavy atom. The molecule has 1 aromatic heterocycles. The van der Waals surface area contributed by atoms with E-state index in [-0.39, 0.29) is 10.8 Å². The molecule has 0 fully saturated rings. The van der Waals surface area contributed by atoms with Crippen LogP contribution in [0.1, 0.15) is 63.8 Å². The summed E-state index contributed by atoms with van der Waals surface area (Å²) in [4.78, 5) is 0. The molecule has 0 aliphatic heterocycles. The van der Waals surface area contributed by atoms with E-state index in [9.17, 15) is 0 Å². The van der Waals surface area contributed by atoms with Crippen molar-refractivity contribution in [2.45, 2.75) is 66.2 Å². The molecular weight excluding hydrogens is 363 g/mol. The lowest BCUT2D eigenvalue weighted by molar-refractivity contribution is 0.570. The van der Waals surface area contributed by atoms with Crippen LogP contribution in [0.3, 0.4) is 0 Å². The first kappa shape index (κ1) is 19.4. The Labute approximate surface area is 161 Å². The van der Waals surface area contributed by atoms with E-state index < -0.39 is 7.37 Å². The fourth-order valence-corrected chi connectivity index (χ4v) is 4.55. The highest BCUT2D eigenvalue weighted by Crippen LogP contribution is 2.44. The lowest BCUT2D eigenvalue weighted by Crippen LogP contribution is -2.12. The second-order valence-corrected chi connectivity index (χ2v) is 10.9. The van der Waals surface area contributed by atoms with Gasteiger partial charge in [-0.05, 0) is 47.9 Å². The molecule has 140 valence electrons. The number of fused-ring (bicyclic) bond motifs is 3. The Bertz CT molecular complexity index is 952. The van der Waals surface area contributed by atoms with Crippen molar-refractivity contribution >= 4 is 40.5 Å². The number of halogens is 1. The summed E-state index contributed by atoms with van der Waals surface area (Å²) in [7, 11) is -1.57. The highest BCUT2D eigenvalue weighted by molar-refractivity contribution is 7.68. The highest BCUT2D eigenvalue weighted by atomic mass is 35.7. The zero-order valence-electron chi connectivity index (χ0n) is 17.0. The van der Waals surface area contributed by atoms with Crippen LogP contribution in [0.25, 0.3) is 21.9 Å². The molecule has 0 atom stereocenters. The van der Waals surface area contributed by atoms with Gasteiger partial charge in [-0.25, -0.2) is 0 Å². The molecule has 0 unspecified atom stereocenters. The van der Waals surface area contributed by atoms with Crippen LogP contribution in [0.15, 0.2) is 32.7 Å². The van der Waals surface area contributed by atoms with Crippen LogP contribution >= 0.6 is 18.6 Å². The molecule has 0 spiro atoms. The molecule has 0 N–H and O–H groups in total. The molecule has 2 nitrogen and oxygen atoms in total. The van der Waals surface area contributed by atoms with E-state index in [4.69, 9.17) is 19.6 Å². The molecule has 26 heavy (non-hydrogen) atoms. The molecule has 0 bridgehead atoms. The van der Waals surface area contributed by atoms with E-state index in [2.05, 4.69) is 79.7 Å². The van der Waals surface area contributed by atoms with E-state index in [1.807, 2.05) is 0 Å². The molecule has 0 saturated carbocycles. The molecule has 0 radical (unpaired) electrons. The minimum atomic E-state index is -1.57. The van der Waals surface area contributed by atoms with Gasteiger partial charge in [0, 0.05) is 33.1 Å². The van der Waals surface area contributed by atoms with Gasteiger partial charge in [-0.15, -0.1) is 0 Å². The molecule has 2 aromatic carbocycles. The summed E-state index contributed by atoms with van der Waals surface area (Å²) in [6, 6.07) is 8.77. The lowest BCUT2D eigenvalue weighted by atomic mass is 9.83. The van der Waals surface area contributed by atoms with Crippen LogP contribution in [-0.2, 0) is 10.8 Å². The Kier molecular flexibility index (Phi) is 4.74. The zero-order chi connectivity index (χ0) is 19.4. The van der Waals surface area contributed by atoms with Gasteiger partial charge in [0.05, 0.1) is 0 Å². The number of benzene rings is 2. The van der Waals surface area contributed by atoms with Crippen LogP contribution in [0.2, 0.25) is 0 Å². The Morgan fingerprint density at radius 1 is 0.692 bits per heavy atom. The predicted molar refractivity (Wildman–Crippen MR) is 114 cm³/mol. The van der Waals surface area contributed by atoms with Crippen LogP contribution < -0.4 is 0 Å². The molecular formula is C22H28ClO2P. The molecule has 4 heteroatoms. The third kappa shape index (κ3) is 3.55. The van der Waals surface area contributed by atoms with Gasteiger partial charge >= 0.3 is 7.37 Å². The molecule has 1 heterocycles. The van der Waals surface area contributed by atoms with Crippen LogP contribution in [-0.4, -0.2) is 0 Å². The predicted octanol–water partition coefficient (Wildman–Crippen LogP) is 8.50. The highest BCUT2D eigenvalue weighted by Gasteiger charge is 2.24. The average molecular weight is 391 g/mol. The van der Waals surface area contributed by atoms with Gasteiger partial charge < -0.3 is 8.39 Å². The first-order valence-electron chi connectivity index (χ1n) is 9.00. The van der Waals surface area contributed by atoms with E-state index in [0.717, 1.165) is 33.1 Å². The molecule has 0 aliphatic rings. The quantitative estimate of drug-likeness (QED) is 0.384. The monoisotopic (exact) mass is 390 g/mol. The summed E-state index contributed by atoms with van der Waals surface area (Å²) >= 11 is 6.52. The Morgan fingerprint density at radius 2 is 1.04 bits per heavy atom. The number of rotatable bonds is 0. The fraction of sp³-hybridized carbons (Fsp3) is 0.455. The minimum absolute atomic E-state index is 0.0512. The van der Waals surface area contributed by atoms with E-state index in [1.54, 1.807) is 0 Å². The van der Waals surface area contributed by atoms with Crippen molar-refractivity contribution in [1.82, 2.24) is 0 Å². The summed E-state index contributed by atoms with van der Waals surface area (Å²) in [5.74, 6) is 0. The van der Waals surface area contributed by atoms with Gasteiger partial charge in [0.2, 0.25) is 0 Å². The maximum Gasteiger partial charge on any atom is 0.327 e. The summed E-state index contributed by atoms with van der Waals surface area (Å²) in [5.41, 5.74) is 6.36. The van der Waals surface area contributed by atoms with Gasteiger partial charge in [0.25, 0.3) is 0 Å². The third-order valence-corrected chi connectivity index (χ3v) is 5.77. The van der Waals surface area contributed by atoms with Crippen LogP contribution in [0, 0.1) is 13.8 Å². The van der Waals surface area contributed by atoms with E-state index in [0.29, 0.717) is 0 Å². The average Bonchev–Trinajstić information content (AvgIpc) is 2.60. The molecule has 3 rings (SSSR count). The van der Waals surface area contributed by atoms with Crippen molar-refractivity contribution in [3.63, 3.8) is 0 Å². The molecule has 0 aliphatic carbocycles. The maximum absolute atomic E-state index is 6.52. The molecule has 0 saturated heterocycles. The summed E-state index contributed by atoms with van der Waals surface area (Å²) in [5, 5.41) is 2.15. The van der Waals surface area contributed by atoms with Gasteiger partial charge in [-0.1, -0.05) is 53.7 Å². The maximum atomic E-state index is 6.52. The van der Waals surface area contributed by atoms with E-state index in [1.165, 1.54) is 11.1 Å². The van der Waals surface area contributed by atoms with Crippen molar-refractivity contribution in [2.75, 3.05) is 0 Å². The Balaban J connectivity index is 2.67. The molecule has 3 aromatic rings. The van der Waals surface area contributed by atoms with Gasteiger partial charge in [-0.2, -0.15) is 0 Å². The first-order chi connectivity index (χ1) is 11.9. The van der Waals surface area contributed by atoms with Crippen molar-refractivity contribution < 1.29 is 8.39 Å².